The molecule has 0 bridgehead atoms. The average Bonchev–Trinajstić information content (AvgIpc) is 2.91. The molecule has 3 heterocycles. The van der Waals surface area contributed by atoms with Gasteiger partial charge in [0.25, 0.3) is 0 Å². The number of nitrogens with one attached hydrogen (secondary N) is 1. The molecule has 1 N–H and O–H groups in total. The highest BCUT2D eigenvalue weighted by Crippen LogP contribution is 2.42. The summed E-state index contributed by atoms with van der Waals surface area (Å²) in [5, 5.41) is 12.6. The fourth-order valence-corrected chi connectivity index (χ4v) is 3.98. The number of carbonyl (C=O) groups is 1. The number of carbonyl (C=O) groups excluding carboxylic acids is 1. The monoisotopic (exact) mass is 463 g/mol. The van der Waals surface area contributed by atoms with Crippen LogP contribution in [0, 0.1) is 11.3 Å². The van der Waals surface area contributed by atoms with E-state index in [1.165, 1.54) is 4.90 Å². The lowest BCUT2D eigenvalue weighted by Gasteiger charge is -2.28. The highest BCUT2D eigenvalue weighted by molar-refractivity contribution is 5.79. The Bertz CT molecular complexity index is 1280. The van der Waals surface area contributed by atoms with Crippen molar-refractivity contribution in [2.24, 2.45) is 0 Å². The van der Waals surface area contributed by atoms with E-state index in [2.05, 4.69) is 26.3 Å². The van der Waals surface area contributed by atoms with E-state index in [0.29, 0.717) is 11.5 Å². The maximum atomic E-state index is 12.1. The minimum Gasteiger partial charge on any atom is -0.347 e. The van der Waals surface area contributed by atoms with Crippen LogP contribution in [0.15, 0.2) is 85.6 Å². The standard InChI is InChI=1S/C27H25N7O/c1-34(2)24(35)18-32-27-31-13-10-23(33-27)26(20-7-3-6-19(14-20)15-28)25(21-8-4-11-29-16-21)22-9-5-12-30-17-22/h3-14,16-17,25-26H,18H2,1-2H3,(H,31,32,33). The van der Waals surface area contributed by atoms with Gasteiger partial charge in [-0.3, -0.25) is 14.8 Å². The van der Waals surface area contributed by atoms with Crippen molar-refractivity contribution in [3.63, 3.8) is 0 Å². The first-order valence-corrected chi connectivity index (χ1v) is 11.1. The van der Waals surface area contributed by atoms with Crippen LogP contribution in [0.1, 0.15) is 39.8 Å². The van der Waals surface area contributed by atoms with Gasteiger partial charge in [-0.05, 0) is 47.0 Å². The molecule has 1 aromatic carbocycles. The molecular weight excluding hydrogens is 438 g/mol. The first-order chi connectivity index (χ1) is 17.1. The molecule has 0 aliphatic carbocycles. The minimum atomic E-state index is -0.273. The quantitative estimate of drug-likeness (QED) is 0.425. The molecule has 0 radical (unpaired) electrons. The lowest BCUT2D eigenvalue weighted by Crippen LogP contribution is -2.29. The SMILES string of the molecule is CN(C)C(=O)CNc1nccc(C(c2cccc(C#N)c2)C(c2cccnc2)c2cccnc2)n1. The van der Waals surface area contributed by atoms with E-state index in [9.17, 15) is 10.1 Å². The molecule has 3 aromatic heterocycles. The fraction of sp³-hybridized carbons (Fsp3) is 0.185. The molecule has 8 heteroatoms. The summed E-state index contributed by atoms with van der Waals surface area (Å²) in [5.74, 6) is -0.182. The number of pyridine rings is 2. The zero-order chi connectivity index (χ0) is 24.6. The molecule has 0 aliphatic heterocycles. The van der Waals surface area contributed by atoms with Gasteiger partial charge in [-0.15, -0.1) is 0 Å². The normalized spacial score (nSPS) is 11.5. The van der Waals surface area contributed by atoms with E-state index >= 15 is 0 Å². The number of benzene rings is 1. The summed E-state index contributed by atoms with van der Waals surface area (Å²) in [6, 6.07) is 19.5. The number of nitriles is 1. The Labute approximate surface area is 204 Å². The van der Waals surface area contributed by atoms with Gasteiger partial charge in [-0.1, -0.05) is 24.3 Å². The average molecular weight is 464 g/mol. The molecular formula is C27H25N7O. The van der Waals surface area contributed by atoms with E-state index in [0.717, 1.165) is 22.4 Å². The second kappa shape index (κ2) is 11.0. The predicted octanol–water partition coefficient (Wildman–Crippen LogP) is 3.60. The topological polar surface area (TPSA) is 108 Å². The number of likely N-dealkylation sites (N-methyl/N-ethyl adjacent to an activating group) is 1. The van der Waals surface area contributed by atoms with Gasteiger partial charge >= 0.3 is 0 Å². The van der Waals surface area contributed by atoms with E-state index in [1.807, 2.05) is 60.9 Å². The van der Waals surface area contributed by atoms with Crippen molar-refractivity contribution in [3.05, 3.63) is 114 Å². The molecule has 1 amide bonds. The Balaban J connectivity index is 1.85. The fourth-order valence-electron chi connectivity index (χ4n) is 3.98. The molecule has 174 valence electrons. The molecule has 0 fully saturated rings. The lowest BCUT2D eigenvalue weighted by atomic mass is 9.76. The van der Waals surface area contributed by atoms with Crippen LogP contribution in [0.3, 0.4) is 0 Å². The number of anilines is 1. The summed E-state index contributed by atoms with van der Waals surface area (Å²) in [6.45, 7) is 0.0830. The van der Waals surface area contributed by atoms with Crippen molar-refractivity contribution < 1.29 is 4.79 Å². The summed E-state index contributed by atoms with van der Waals surface area (Å²) in [5.41, 5.74) is 4.21. The van der Waals surface area contributed by atoms with Gasteiger partial charge in [0.1, 0.15) is 0 Å². The van der Waals surface area contributed by atoms with E-state index < -0.39 is 0 Å². The van der Waals surface area contributed by atoms with E-state index in [1.54, 1.807) is 38.8 Å². The highest BCUT2D eigenvalue weighted by Gasteiger charge is 2.30. The third-order valence-electron chi connectivity index (χ3n) is 5.69. The van der Waals surface area contributed by atoms with Crippen molar-refractivity contribution >= 4 is 11.9 Å². The summed E-state index contributed by atoms with van der Waals surface area (Å²) >= 11 is 0. The lowest BCUT2D eigenvalue weighted by molar-refractivity contribution is -0.126. The molecule has 4 rings (SSSR count). The van der Waals surface area contributed by atoms with Gasteiger partial charge in [-0.2, -0.15) is 5.26 Å². The second-order valence-corrected chi connectivity index (χ2v) is 8.21. The summed E-state index contributed by atoms with van der Waals surface area (Å²) in [6.07, 6.45) is 8.84. The number of rotatable bonds is 8. The number of aromatic nitrogens is 4. The Morgan fingerprint density at radius 2 is 1.63 bits per heavy atom. The van der Waals surface area contributed by atoms with E-state index in [4.69, 9.17) is 4.98 Å². The molecule has 0 aliphatic rings. The summed E-state index contributed by atoms with van der Waals surface area (Å²) in [7, 11) is 3.40. The molecule has 0 spiro atoms. The maximum Gasteiger partial charge on any atom is 0.241 e. The highest BCUT2D eigenvalue weighted by atomic mass is 16.2. The molecule has 4 aromatic rings. The van der Waals surface area contributed by atoms with Gasteiger partial charge in [0.05, 0.1) is 23.9 Å². The van der Waals surface area contributed by atoms with Crippen LogP contribution in [-0.4, -0.2) is 51.4 Å². The smallest absolute Gasteiger partial charge is 0.241 e. The largest absolute Gasteiger partial charge is 0.347 e. The Kier molecular flexibility index (Phi) is 7.38. The third-order valence-corrected chi connectivity index (χ3v) is 5.69. The van der Waals surface area contributed by atoms with Gasteiger partial charge in [-0.25, -0.2) is 9.97 Å². The summed E-state index contributed by atoms with van der Waals surface area (Å²) < 4.78 is 0. The van der Waals surface area contributed by atoms with Crippen LogP contribution in [0.2, 0.25) is 0 Å². The Morgan fingerprint density at radius 1 is 0.943 bits per heavy atom. The molecule has 1 unspecified atom stereocenters. The van der Waals surface area contributed by atoms with Gasteiger partial charge in [0.2, 0.25) is 11.9 Å². The molecule has 1 atom stereocenters. The van der Waals surface area contributed by atoms with Crippen LogP contribution in [0.4, 0.5) is 5.95 Å². The Morgan fingerprint density at radius 3 is 2.23 bits per heavy atom. The van der Waals surface area contributed by atoms with Crippen molar-refractivity contribution in [2.45, 2.75) is 11.8 Å². The Hall–Kier alpha value is -4.64. The van der Waals surface area contributed by atoms with Crippen molar-refractivity contribution in [2.75, 3.05) is 26.0 Å². The van der Waals surface area contributed by atoms with Gasteiger partial charge < -0.3 is 10.2 Å². The number of nitrogens with zero attached hydrogens (tertiary/aromatic N) is 6. The first-order valence-electron chi connectivity index (χ1n) is 11.1. The first kappa shape index (κ1) is 23.5. The van der Waals surface area contributed by atoms with Crippen molar-refractivity contribution in [3.8, 4) is 6.07 Å². The maximum absolute atomic E-state index is 12.1. The van der Waals surface area contributed by atoms with Crippen LogP contribution < -0.4 is 5.32 Å². The second-order valence-electron chi connectivity index (χ2n) is 8.21. The van der Waals surface area contributed by atoms with Crippen LogP contribution in [-0.2, 0) is 4.79 Å². The number of amides is 1. The third kappa shape index (κ3) is 5.65. The minimum absolute atomic E-state index is 0.0825. The number of hydrogen-bond donors (Lipinski definition) is 1. The van der Waals surface area contributed by atoms with Crippen LogP contribution in [0.25, 0.3) is 0 Å². The van der Waals surface area contributed by atoms with Crippen LogP contribution in [0.5, 0.6) is 0 Å². The number of hydrogen-bond acceptors (Lipinski definition) is 7. The van der Waals surface area contributed by atoms with Crippen molar-refractivity contribution in [1.29, 1.82) is 5.26 Å². The molecule has 8 nitrogen and oxygen atoms in total. The predicted molar refractivity (Wildman–Crippen MR) is 133 cm³/mol. The molecule has 0 saturated heterocycles. The van der Waals surface area contributed by atoms with Gasteiger partial charge in [0, 0.05) is 56.9 Å². The zero-order valence-electron chi connectivity index (χ0n) is 19.5. The van der Waals surface area contributed by atoms with Gasteiger partial charge in [0.15, 0.2) is 0 Å². The molecule has 35 heavy (non-hydrogen) atoms. The van der Waals surface area contributed by atoms with Crippen molar-refractivity contribution in [1.82, 2.24) is 24.8 Å². The van der Waals surface area contributed by atoms with E-state index in [-0.39, 0.29) is 24.3 Å². The van der Waals surface area contributed by atoms with Crippen LogP contribution >= 0.6 is 0 Å². The zero-order valence-corrected chi connectivity index (χ0v) is 19.5. The summed E-state index contributed by atoms with van der Waals surface area (Å²) in [4.78, 5) is 31.4. The molecule has 0 saturated carbocycles.